The second-order valence-corrected chi connectivity index (χ2v) is 2.66. The second kappa shape index (κ2) is 5.70. The summed E-state index contributed by atoms with van der Waals surface area (Å²) >= 11 is 0. The minimum atomic E-state index is -0.291. The van der Waals surface area contributed by atoms with Crippen molar-refractivity contribution in [1.29, 1.82) is 0 Å². The van der Waals surface area contributed by atoms with Gasteiger partial charge in [0.1, 0.15) is 12.9 Å². The molecular weight excluding hydrogens is 168 g/mol. The number of aliphatic hydroxyl groups excluding tert-OH is 1. The first-order valence-corrected chi connectivity index (χ1v) is 4.15. The Kier molecular flexibility index (Phi) is 4.46. The van der Waals surface area contributed by atoms with Gasteiger partial charge in [-0.15, -0.1) is 0 Å². The quantitative estimate of drug-likeness (QED) is 0.698. The van der Waals surface area contributed by atoms with Crippen LogP contribution in [0.3, 0.4) is 0 Å². The molecule has 0 heterocycles. The molecule has 0 fully saturated rings. The largest absolute Gasteiger partial charge is 0.393 e. The Morgan fingerprint density at radius 1 is 1.31 bits per heavy atom. The number of methoxy groups -OCH3 is 1. The number of rotatable bonds is 5. The molecule has 1 rings (SSSR count). The Morgan fingerprint density at radius 2 is 2.00 bits per heavy atom. The Morgan fingerprint density at radius 3 is 2.54 bits per heavy atom. The van der Waals surface area contributed by atoms with Gasteiger partial charge in [-0.3, -0.25) is 0 Å². The molecule has 0 saturated heterocycles. The smallest absolute Gasteiger partial charge is 0.147 e. The van der Waals surface area contributed by atoms with Crippen molar-refractivity contribution in [3.63, 3.8) is 0 Å². The molecule has 0 aliphatic rings. The zero-order chi connectivity index (χ0) is 9.52. The molecule has 0 saturated carbocycles. The van der Waals surface area contributed by atoms with E-state index in [2.05, 4.69) is 0 Å². The molecule has 0 amide bonds. The Balaban J connectivity index is 2.56. The summed E-state index contributed by atoms with van der Waals surface area (Å²) in [7, 11) is 1.55. The average Bonchev–Trinajstić information content (AvgIpc) is 2.21. The third kappa shape index (κ3) is 3.14. The van der Waals surface area contributed by atoms with Crippen LogP contribution >= 0.6 is 0 Å². The van der Waals surface area contributed by atoms with Crippen molar-refractivity contribution in [2.75, 3.05) is 20.5 Å². The van der Waals surface area contributed by atoms with E-state index in [-0.39, 0.29) is 19.5 Å². The first-order chi connectivity index (χ1) is 6.38. The monoisotopic (exact) mass is 182 g/mol. The standard InChI is InChI=1S/C10H14O3/c1-12-8-13-10(7-11)9-5-3-2-4-6-9/h2-6,10-11H,7-8H2,1H3. The van der Waals surface area contributed by atoms with E-state index < -0.39 is 0 Å². The maximum atomic E-state index is 9.03. The summed E-state index contributed by atoms with van der Waals surface area (Å²) < 4.78 is 10.0. The summed E-state index contributed by atoms with van der Waals surface area (Å²) in [6.07, 6.45) is -0.291. The first kappa shape index (κ1) is 10.2. The molecule has 0 aliphatic heterocycles. The highest BCUT2D eigenvalue weighted by atomic mass is 16.7. The van der Waals surface area contributed by atoms with Crippen LogP contribution in [0.15, 0.2) is 30.3 Å². The van der Waals surface area contributed by atoms with Crippen LogP contribution in [0.2, 0.25) is 0 Å². The Bertz CT molecular complexity index is 223. The van der Waals surface area contributed by atoms with Gasteiger partial charge >= 0.3 is 0 Å². The molecule has 72 valence electrons. The summed E-state index contributed by atoms with van der Waals surface area (Å²) in [6, 6.07) is 9.57. The lowest BCUT2D eigenvalue weighted by atomic mass is 10.1. The van der Waals surface area contributed by atoms with E-state index in [4.69, 9.17) is 14.6 Å². The normalized spacial score (nSPS) is 12.8. The van der Waals surface area contributed by atoms with E-state index in [1.165, 1.54) is 0 Å². The van der Waals surface area contributed by atoms with Crippen LogP contribution in [0.5, 0.6) is 0 Å². The van der Waals surface area contributed by atoms with Crippen molar-refractivity contribution in [2.24, 2.45) is 0 Å². The maximum Gasteiger partial charge on any atom is 0.147 e. The van der Waals surface area contributed by atoms with Gasteiger partial charge in [0.05, 0.1) is 6.61 Å². The van der Waals surface area contributed by atoms with Crippen molar-refractivity contribution < 1.29 is 14.6 Å². The number of aliphatic hydroxyl groups is 1. The van der Waals surface area contributed by atoms with Gasteiger partial charge in [0.15, 0.2) is 0 Å². The molecule has 1 aromatic rings. The molecule has 1 N–H and O–H groups in total. The summed E-state index contributed by atoms with van der Waals surface area (Å²) in [5.74, 6) is 0. The predicted octanol–water partition coefficient (Wildman–Crippen LogP) is 1.34. The van der Waals surface area contributed by atoms with E-state index in [0.717, 1.165) is 5.56 Å². The summed E-state index contributed by atoms with van der Waals surface area (Å²) in [5.41, 5.74) is 0.960. The maximum absolute atomic E-state index is 9.03. The second-order valence-electron chi connectivity index (χ2n) is 2.66. The molecule has 0 spiro atoms. The van der Waals surface area contributed by atoms with E-state index in [1.54, 1.807) is 7.11 Å². The van der Waals surface area contributed by atoms with Crippen LogP contribution in [-0.4, -0.2) is 25.6 Å². The number of hydrogen-bond acceptors (Lipinski definition) is 3. The summed E-state index contributed by atoms with van der Waals surface area (Å²) in [4.78, 5) is 0. The topological polar surface area (TPSA) is 38.7 Å². The van der Waals surface area contributed by atoms with Crippen LogP contribution in [0, 0.1) is 0 Å². The highest BCUT2D eigenvalue weighted by Crippen LogP contribution is 2.15. The predicted molar refractivity (Wildman–Crippen MR) is 49.2 cm³/mol. The molecule has 0 bridgehead atoms. The molecule has 0 aliphatic carbocycles. The number of benzene rings is 1. The van der Waals surface area contributed by atoms with Gasteiger partial charge in [-0.2, -0.15) is 0 Å². The lowest BCUT2D eigenvalue weighted by molar-refractivity contribution is -0.0888. The lowest BCUT2D eigenvalue weighted by Gasteiger charge is -2.14. The highest BCUT2D eigenvalue weighted by molar-refractivity contribution is 5.17. The highest BCUT2D eigenvalue weighted by Gasteiger charge is 2.08. The minimum Gasteiger partial charge on any atom is -0.393 e. The van der Waals surface area contributed by atoms with Crippen LogP contribution < -0.4 is 0 Å². The fourth-order valence-corrected chi connectivity index (χ4v) is 1.07. The minimum absolute atomic E-state index is 0.0344. The summed E-state index contributed by atoms with van der Waals surface area (Å²) in [5, 5.41) is 9.03. The molecule has 3 nitrogen and oxygen atoms in total. The fraction of sp³-hybridized carbons (Fsp3) is 0.400. The van der Waals surface area contributed by atoms with Gasteiger partial charge in [0, 0.05) is 7.11 Å². The van der Waals surface area contributed by atoms with Gasteiger partial charge in [0.2, 0.25) is 0 Å². The molecule has 13 heavy (non-hydrogen) atoms. The fourth-order valence-electron chi connectivity index (χ4n) is 1.07. The molecule has 0 aromatic heterocycles. The van der Waals surface area contributed by atoms with Crippen molar-refractivity contribution in [2.45, 2.75) is 6.10 Å². The molecule has 3 heteroatoms. The van der Waals surface area contributed by atoms with Gasteiger partial charge < -0.3 is 14.6 Å². The van der Waals surface area contributed by atoms with Crippen molar-refractivity contribution in [1.82, 2.24) is 0 Å². The van der Waals surface area contributed by atoms with E-state index in [1.807, 2.05) is 30.3 Å². The van der Waals surface area contributed by atoms with Crippen molar-refractivity contribution in [3.8, 4) is 0 Å². The van der Waals surface area contributed by atoms with Gasteiger partial charge in [-0.25, -0.2) is 0 Å². The van der Waals surface area contributed by atoms with Crippen LogP contribution in [0.25, 0.3) is 0 Å². The number of hydrogen-bond donors (Lipinski definition) is 1. The third-order valence-corrected chi connectivity index (χ3v) is 1.72. The van der Waals surface area contributed by atoms with E-state index in [0.29, 0.717) is 0 Å². The molecule has 1 aromatic carbocycles. The van der Waals surface area contributed by atoms with Crippen LogP contribution in [-0.2, 0) is 9.47 Å². The molecule has 1 unspecified atom stereocenters. The molecule has 0 radical (unpaired) electrons. The molecular formula is C10H14O3. The zero-order valence-corrected chi connectivity index (χ0v) is 7.64. The van der Waals surface area contributed by atoms with Crippen LogP contribution in [0.1, 0.15) is 11.7 Å². The van der Waals surface area contributed by atoms with Crippen molar-refractivity contribution >= 4 is 0 Å². The Hall–Kier alpha value is -0.900. The van der Waals surface area contributed by atoms with Gasteiger partial charge in [-0.1, -0.05) is 30.3 Å². The van der Waals surface area contributed by atoms with Crippen LogP contribution in [0.4, 0.5) is 0 Å². The van der Waals surface area contributed by atoms with Gasteiger partial charge in [-0.05, 0) is 5.56 Å². The zero-order valence-electron chi connectivity index (χ0n) is 7.64. The van der Waals surface area contributed by atoms with E-state index >= 15 is 0 Å². The SMILES string of the molecule is COCOC(CO)c1ccccc1. The van der Waals surface area contributed by atoms with Gasteiger partial charge in [0.25, 0.3) is 0 Å². The lowest BCUT2D eigenvalue weighted by Crippen LogP contribution is -2.10. The molecule has 1 atom stereocenters. The Labute approximate surface area is 77.9 Å². The number of ether oxygens (including phenoxy) is 2. The average molecular weight is 182 g/mol. The van der Waals surface area contributed by atoms with E-state index in [9.17, 15) is 0 Å². The summed E-state index contributed by atoms with van der Waals surface area (Å²) in [6.45, 7) is 0.160. The third-order valence-electron chi connectivity index (χ3n) is 1.72. The first-order valence-electron chi connectivity index (χ1n) is 4.15. The van der Waals surface area contributed by atoms with Crippen molar-refractivity contribution in [3.05, 3.63) is 35.9 Å².